The lowest BCUT2D eigenvalue weighted by Gasteiger charge is -2.23. The summed E-state index contributed by atoms with van der Waals surface area (Å²) in [6.45, 7) is 4.43. The van der Waals surface area contributed by atoms with Gasteiger partial charge in [0.15, 0.2) is 9.84 Å². The van der Waals surface area contributed by atoms with Gasteiger partial charge < -0.3 is 4.90 Å². The molecule has 0 fully saturated rings. The zero-order valence-corrected chi connectivity index (χ0v) is 11.8. The summed E-state index contributed by atoms with van der Waals surface area (Å²) in [5.74, 6) is -0.305. The minimum atomic E-state index is -3.29. The summed E-state index contributed by atoms with van der Waals surface area (Å²) in [4.78, 5) is 13.3. The summed E-state index contributed by atoms with van der Waals surface area (Å²) in [7, 11) is -3.29. The van der Waals surface area contributed by atoms with Crippen molar-refractivity contribution in [3.05, 3.63) is 0 Å². The van der Waals surface area contributed by atoms with Gasteiger partial charge in [-0.3, -0.25) is 4.79 Å². The van der Waals surface area contributed by atoms with E-state index in [1.54, 1.807) is 4.90 Å². The van der Waals surface area contributed by atoms with Gasteiger partial charge in [0.1, 0.15) is 5.25 Å². The summed E-state index contributed by atoms with van der Waals surface area (Å²) in [5.41, 5.74) is 0. The standard InChI is InChI=1S/C9H18BrNO3S/c1-4-11(7-5-6-10)9(12)8(2)15(3,13)14/h8H,4-7H2,1-3H3. The average molecular weight is 300 g/mol. The molecule has 4 nitrogen and oxygen atoms in total. The summed E-state index contributed by atoms with van der Waals surface area (Å²) in [6.07, 6.45) is 1.92. The summed E-state index contributed by atoms with van der Waals surface area (Å²) in [5, 5.41) is -0.128. The van der Waals surface area contributed by atoms with Crippen LogP contribution in [-0.2, 0) is 14.6 Å². The van der Waals surface area contributed by atoms with E-state index >= 15 is 0 Å². The Balaban J connectivity index is 4.52. The van der Waals surface area contributed by atoms with Crippen molar-refractivity contribution in [2.75, 3.05) is 24.7 Å². The van der Waals surface area contributed by atoms with Crippen molar-refractivity contribution >= 4 is 31.7 Å². The minimum absolute atomic E-state index is 0.305. The van der Waals surface area contributed by atoms with Gasteiger partial charge in [0, 0.05) is 24.7 Å². The highest BCUT2D eigenvalue weighted by molar-refractivity contribution is 9.09. The number of carbonyl (C=O) groups excluding carboxylic acids is 1. The quantitative estimate of drug-likeness (QED) is 0.689. The summed E-state index contributed by atoms with van der Waals surface area (Å²) < 4.78 is 22.4. The van der Waals surface area contributed by atoms with Crippen LogP contribution in [0.1, 0.15) is 20.3 Å². The first-order valence-electron chi connectivity index (χ1n) is 4.88. The third-order valence-corrected chi connectivity index (χ3v) is 4.29. The fourth-order valence-electron chi connectivity index (χ4n) is 1.12. The molecule has 0 aliphatic heterocycles. The molecular formula is C9H18BrNO3S. The van der Waals surface area contributed by atoms with Crippen molar-refractivity contribution in [3.63, 3.8) is 0 Å². The first kappa shape index (κ1) is 14.9. The Bertz CT molecular complexity index is 302. The molecule has 0 aromatic rings. The maximum atomic E-state index is 11.8. The van der Waals surface area contributed by atoms with Crippen LogP contribution in [0, 0.1) is 0 Å². The van der Waals surface area contributed by atoms with Gasteiger partial charge in [-0.05, 0) is 20.3 Å². The first-order chi connectivity index (χ1) is 6.84. The fourth-order valence-corrected chi connectivity index (χ4v) is 1.88. The number of hydrogen-bond acceptors (Lipinski definition) is 3. The molecule has 90 valence electrons. The Morgan fingerprint density at radius 1 is 1.47 bits per heavy atom. The number of halogens is 1. The molecule has 6 heteroatoms. The molecule has 0 N–H and O–H groups in total. The SMILES string of the molecule is CCN(CCCBr)C(=O)C(C)S(C)(=O)=O. The zero-order valence-electron chi connectivity index (χ0n) is 9.36. The van der Waals surface area contributed by atoms with Gasteiger partial charge in [0.25, 0.3) is 0 Å². The fraction of sp³-hybridized carbons (Fsp3) is 0.889. The van der Waals surface area contributed by atoms with E-state index in [0.717, 1.165) is 18.0 Å². The topological polar surface area (TPSA) is 54.5 Å². The molecule has 0 rings (SSSR count). The third kappa shape index (κ3) is 4.97. The molecule has 1 unspecified atom stereocenters. The predicted molar refractivity (Wildman–Crippen MR) is 65.0 cm³/mol. The highest BCUT2D eigenvalue weighted by Gasteiger charge is 2.27. The van der Waals surface area contributed by atoms with Gasteiger partial charge in [-0.25, -0.2) is 8.42 Å². The van der Waals surface area contributed by atoms with Crippen LogP contribution in [0.25, 0.3) is 0 Å². The minimum Gasteiger partial charge on any atom is -0.342 e. The number of alkyl halides is 1. The molecule has 1 amide bonds. The molecular weight excluding hydrogens is 282 g/mol. The molecule has 1 atom stereocenters. The van der Waals surface area contributed by atoms with Gasteiger partial charge in [0.05, 0.1) is 0 Å². The predicted octanol–water partition coefficient (Wildman–Crippen LogP) is 1.05. The monoisotopic (exact) mass is 299 g/mol. The van der Waals surface area contributed by atoms with E-state index in [1.165, 1.54) is 6.92 Å². The Kier molecular flexibility index (Phi) is 6.43. The van der Waals surface area contributed by atoms with Crippen LogP contribution in [0.3, 0.4) is 0 Å². The van der Waals surface area contributed by atoms with Crippen molar-refractivity contribution < 1.29 is 13.2 Å². The number of hydrogen-bond donors (Lipinski definition) is 0. The Morgan fingerprint density at radius 2 is 2.00 bits per heavy atom. The maximum Gasteiger partial charge on any atom is 0.240 e. The Labute approximate surface area is 100 Å². The second-order valence-corrected chi connectivity index (χ2v) is 6.59. The highest BCUT2D eigenvalue weighted by Crippen LogP contribution is 2.05. The van der Waals surface area contributed by atoms with Gasteiger partial charge in [-0.2, -0.15) is 0 Å². The molecule has 0 aliphatic carbocycles. The number of amides is 1. The van der Waals surface area contributed by atoms with Crippen LogP contribution in [0.4, 0.5) is 0 Å². The van der Waals surface area contributed by atoms with Crippen LogP contribution < -0.4 is 0 Å². The van der Waals surface area contributed by atoms with Crippen molar-refractivity contribution in [2.45, 2.75) is 25.5 Å². The van der Waals surface area contributed by atoms with Crippen molar-refractivity contribution in [3.8, 4) is 0 Å². The number of rotatable bonds is 6. The molecule has 0 aromatic carbocycles. The van der Waals surface area contributed by atoms with Crippen molar-refractivity contribution in [1.29, 1.82) is 0 Å². The van der Waals surface area contributed by atoms with Gasteiger partial charge in [-0.1, -0.05) is 15.9 Å². The maximum absolute atomic E-state index is 11.8. The molecule has 0 spiro atoms. The second kappa shape index (κ2) is 6.48. The average Bonchev–Trinajstić information content (AvgIpc) is 2.16. The normalized spacial score (nSPS) is 13.6. The zero-order chi connectivity index (χ0) is 12.1. The number of sulfone groups is 1. The molecule has 0 heterocycles. The molecule has 0 saturated heterocycles. The third-order valence-electron chi connectivity index (χ3n) is 2.25. The first-order valence-corrected chi connectivity index (χ1v) is 7.95. The largest absolute Gasteiger partial charge is 0.342 e. The lowest BCUT2D eigenvalue weighted by atomic mass is 10.3. The van der Waals surface area contributed by atoms with E-state index < -0.39 is 15.1 Å². The highest BCUT2D eigenvalue weighted by atomic mass is 79.9. The number of nitrogens with zero attached hydrogens (tertiary/aromatic N) is 1. The molecule has 15 heavy (non-hydrogen) atoms. The van der Waals surface area contributed by atoms with E-state index in [9.17, 15) is 13.2 Å². The van der Waals surface area contributed by atoms with E-state index in [4.69, 9.17) is 0 Å². The van der Waals surface area contributed by atoms with Gasteiger partial charge in [0.2, 0.25) is 5.91 Å². The van der Waals surface area contributed by atoms with Crippen LogP contribution in [0.5, 0.6) is 0 Å². The molecule has 0 saturated carbocycles. The lowest BCUT2D eigenvalue weighted by molar-refractivity contribution is -0.130. The lowest BCUT2D eigenvalue weighted by Crippen LogP contribution is -2.41. The van der Waals surface area contributed by atoms with Gasteiger partial charge in [-0.15, -0.1) is 0 Å². The van der Waals surface area contributed by atoms with Crippen LogP contribution in [-0.4, -0.2) is 49.2 Å². The van der Waals surface area contributed by atoms with E-state index in [2.05, 4.69) is 15.9 Å². The molecule has 0 aromatic heterocycles. The van der Waals surface area contributed by atoms with Crippen LogP contribution in [0.2, 0.25) is 0 Å². The van der Waals surface area contributed by atoms with Crippen molar-refractivity contribution in [2.24, 2.45) is 0 Å². The van der Waals surface area contributed by atoms with E-state index in [0.29, 0.717) is 13.1 Å². The van der Waals surface area contributed by atoms with E-state index in [-0.39, 0.29) is 5.91 Å². The smallest absolute Gasteiger partial charge is 0.240 e. The molecule has 0 aliphatic rings. The van der Waals surface area contributed by atoms with Gasteiger partial charge >= 0.3 is 0 Å². The van der Waals surface area contributed by atoms with E-state index in [1.807, 2.05) is 6.92 Å². The van der Waals surface area contributed by atoms with Crippen LogP contribution >= 0.6 is 15.9 Å². The summed E-state index contributed by atoms with van der Waals surface area (Å²) in [6, 6.07) is 0. The molecule has 0 radical (unpaired) electrons. The Hall–Kier alpha value is -0.100. The number of carbonyl (C=O) groups is 1. The summed E-state index contributed by atoms with van der Waals surface area (Å²) >= 11 is 3.28. The van der Waals surface area contributed by atoms with Crippen molar-refractivity contribution in [1.82, 2.24) is 4.90 Å². The second-order valence-electron chi connectivity index (χ2n) is 3.43. The van der Waals surface area contributed by atoms with Crippen LogP contribution in [0.15, 0.2) is 0 Å². The molecule has 0 bridgehead atoms. The Morgan fingerprint density at radius 3 is 2.33 bits per heavy atom.